The first-order valence-electron chi connectivity index (χ1n) is 10.5. The number of para-hydroxylation sites is 1. The summed E-state index contributed by atoms with van der Waals surface area (Å²) in [5, 5.41) is 3.59. The molecule has 7 heteroatoms. The number of halogens is 1. The van der Waals surface area contributed by atoms with Crippen molar-refractivity contribution in [3.8, 4) is 5.69 Å². The van der Waals surface area contributed by atoms with Gasteiger partial charge in [-0.2, -0.15) is 0 Å². The number of hydrogen-bond donors (Lipinski definition) is 1. The molecule has 2 aromatic carbocycles. The number of nitrogens with one attached hydrogen (secondary N) is 1. The first kappa shape index (κ1) is 23.0. The maximum absolute atomic E-state index is 13.6. The van der Waals surface area contributed by atoms with Crippen molar-refractivity contribution < 1.29 is 4.79 Å². The highest BCUT2D eigenvalue weighted by Gasteiger charge is 2.29. The normalized spacial score (nSPS) is 12.6. The van der Waals surface area contributed by atoms with E-state index in [1.165, 1.54) is 0 Å². The zero-order valence-corrected chi connectivity index (χ0v) is 20.2. The minimum absolute atomic E-state index is 0.145. The van der Waals surface area contributed by atoms with E-state index in [1.54, 1.807) is 15.5 Å². The quantitative estimate of drug-likeness (QED) is 0.524. The Morgan fingerprint density at radius 1 is 1.13 bits per heavy atom. The molecule has 0 aliphatic carbocycles. The number of amides is 2. The Balaban J connectivity index is 2.25. The van der Waals surface area contributed by atoms with E-state index in [0.29, 0.717) is 35.4 Å². The fourth-order valence-electron chi connectivity index (χ4n) is 3.65. The molecule has 1 atom stereocenters. The summed E-state index contributed by atoms with van der Waals surface area (Å²) < 4.78 is 2.56. The summed E-state index contributed by atoms with van der Waals surface area (Å²) in [6.45, 7) is 10.3. The zero-order chi connectivity index (χ0) is 22.8. The first-order chi connectivity index (χ1) is 14.7. The number of benzene rings is 2. The molecule has 0 radical (unpaired) electrons. The van der Waals surface area contributed by atoms with Crippen LogP contribution in [0, 0.1) is 0 Å². The van der Waals surface area contributed by atoms with Crippen LogP contribution >= 0.6 is 15.9 Å². The number of nitrogens with zero attached hydrogens (tertiary/aromatic N) is 3. The minimum atomic E-state index is -0.370. The predicted octanol–water partition coefficient (Wildman–Crippen LogP) is 5.43. The fraction of sp³-hybridized carbons (Fsp3) is 0.375. The molecule has 0 saturated heterocycles. The largest absolute Gasteiger partial charge is 0.333 e. The Hall–Kier alpha value is -2.67. The van der Waals surface area contributed by atoms with E-state index in [0.717, 1.165) is 4.47 Å². The number of carbonyl (C=O) groups excluding carboxylic acids is 1. The molecule has 3 rings (SSSR count). The second-order valence-electron chi connectivity index (χ2n) is 8.49. The lowest BCUT2D eigenvalue weighted by Gasteiger charge is -2.34. The highest BCUT2D eigenvalue weighted by Crippen LogP contribution is 2.26. The van der Waals surface area contributed by atoms with Gasteiger partial charge in [0.05, 0.1) is 22.6 Å². The van der Waals surface area contributed by atoms with Crippen LogP contribution in [0.15, 0.2) is 57.8 Å². The van der Waals surface area contributed by atoms with Crippen LogP contribution in [0.25, 0.3) is 16.6 Å². The third kappa shape index (κ3) is 4.98. The topological polar surface area (TPSA) is 67.2 Å². The fourth-order valence-corrected chi connectivity index (χ4v) is 3.92. The van der Waals surface area contributed by atoms with Gasteiger partial charge in [-0.05, 0) is 70.5 Å². The molecule has 0 spiro atoms. The number of carbonyl (C=O) groups is 1. The van der Waals surface area contributed by atoms with Crippen LogP contribution in [-0.4, -0.2) is 32.6 Å². The maximum Gasteiger partial charge on any atom is 0.318 e. The number of urea groups is 1. The van der Waals surface area contributed by atoms with Crippen LogP contribution in [0.1, 0.15) is 52.9 Å². The van der Waals surface area contributed by atoms with Crippen molar-refractivity contribution in [2.24, 2.45) is 0 Å². The van der Waals surface area contributed by atoms with Gasteiger partial charge in [-0.15, -0.1) is 0 Å². The van der Waals surface area contributed by atoms with Crippen LogP contribution < -0.4 is 10.9 Å². The van der Waals surface area contributed by atoms with Crippen molar-refractivity contribution in [1.29, 1.82) is 0 Å². The van der Waals surface area contributed by atoms with Gasteiger partial charge < -0.3 is 10.2 Å². The van der Waals surface area contributed by atoms with Gasteiger partial charge >= 0.3 is 6.03 Å². The Labute approximate surface area is 191 Å². The summed E-state index contributed by atoms with van der Waals surface area (Å²) in [5.41, 5.74) is 0.827. The molecule has 0 saturated carbocycles. The molecule has 0 aliphatic rings. The Bertz CT molecular complexity index is 1130. The maximum atomic E-state index is 13.6. The van der Waals surface area contributed by atoms with E-state index in [2.05, 4.69) is 21.2 Å². The standard InChI is InChI=1S/C24H29BrN4O2/c1-6-20(28(7-2)23(31)27-24(3,4)5)21-26-19-11-9-8-10-18(19)22(30)29(21)17-14-12-16(25)13-15-17/h8-15,20H,6-7H2,1-5H3,(H,27,31). The van der Waals surface area contributed by atoms with Crippen LogP contribution in [0.4, 0.5) is 4.79 Å². The molecule has 164 valence electrons. The van der Waals surface area contributed by atoms with Gasteiger partial charge in [0.2, 0.25) is 0 Å². The molecule has 1 aromatic heterocycles. The van der Waals surface area contributed by atoms with Crippen molar-refractivity contribution in [1.82, 2.24) is 19.8 Å². The van der Waals surface area contributed by atoms with Crippen LogP contribution in [0.5, 0.6) is 0 Å². The van der Waals surface area contributed by atoms with Gasteiger partial charge in [0.25, 0.3) is 5.56 Å². The lowest BCUT2D eigenvalue weighted by atomic mass is 10.1. The van der Waals surface area contributed by atoms with E-state index >= 15 is 0 Å². The van der Waals surface area contributed by atoms with Crippen molar-refractivity contribution >= 4 is 32.9 Å². The molecule has 0 aliphatic heterocycles. The summed E-state index contributed by atoms with van der Waals surface area (Å²) in [5.74, 6) is 0.555. The number of aromatic nitrogens is 2. The van der Waals surface area contributed by atoms with Gasteiger partial charge in [0.1, 0.15) is 5.82 Å². The monoisotopic (exact) mass is 484 g/mol. The smallest absolute Gasteiger partial charge is 0.318 e. The average Bonchev–Trinajstić information content (AvgIpc) is 2.71. The van der Waals surface area contributed by atoms with Gasteiger partial charge in [-0.3, -0.25) is 9.36 Å². The number of fused-ring (bicyclic) bond motifs is 1. The summed E-state index contributed by atoms with van der Waals surface area (Å²) in [6, 6.07) is 14.3. The predicted molar refractivity (Wildman–Crippen MR) is 129 cm³/mol. The average molecular weight is 485 g/mol. The lowest BCUT2D eigenvalue weighted by molar-refractivity contribution is 0.164. The van der Waals surface area contributed by atoms with E-state index in [9.17, 15) is 9.59 Å². The van der Waals surface area contributed by atoms with Crippen molar-refractivity contribution in [2.45, 2.75) is 52.6 Å². The third-order valence-electron chi connectivity index (χ3n) is 5.03. The van der Waals surface area contributed by atoms with Gasteiger partial charge in [-0.25, -0.2) is 9.78 Å². The number of hydrogen-bond acceptors (Lipinski definition) is 3. The Morgan fingerprint density at radius 2 is 1.77 bits per heavy atom. The van der Waals surface area contributed by atoms with Crippen LogP contribution in [0.2, 0.25) is 0 Å². The van der Waals surface area contributed by atoms with Gasteiger partial charge in [0, 0.05) is 16.6 Å². The summed E-state index contributed by atoms with van der Waals surface area (Å²) >= 11 is 3.45. The summed E-state index contributed by atoms with van der Waals surface area (Å²) in [4.78, 5) is 33.3. The highest BCUT2D eigenvalue weighted by atomic mass is 79.9. The minimum Gasteiger partial charge on any atom is -0.333 e. The second kappa shape index (κ2) is 9.22. The van der Waals surface area contributed by atoms with Gasteiger partial charge in [-0.1, -0.05) is 35.0 Å². The van der Waals surface area contributed by atoms with Crippen molar-refractivity contribution in [2.75, 3.05) is 6.54 Å². The van der Waals surface area contributed by atoms with Crippen LogP contribution in [0.3, 0.4) is 0 Å². The first-order valence-corrected chi connectivity index (χ1v) is 11.3. The molecule has 1 unspecified atom stereocenters. The molecule has 0 fully saturated rings. The molecule has 3 aromatic rings. The van der Waals surface area contributed by atoms with E-state index in [1.807, 2.05) is 77.1 Å². The molecule has 1 heterocycles. The summed E-state index contributed by atoms with van der Waals surface area (Å²) in [7, 11) is 0. The van der Waals surface area contributed by atoms with E-state index < -0.39 is 0 Å². The van der Waals surface area contributed by atoms with Gasteiger partial charge in [0.15, 0.2) is 0 Å². The molecular formula is C24H29BrN4O2. The SMILES string of the molecule is CCC(c1nc2ccccc2c(=O)n1-c1ccc(Br)cc1)N(CC)C(=O)NC(C)(C)C. The lowest BCUT2D eigenvalue weighted by Crippen LogP contribution is -2.50. The van der Waals surface area contributed by atoms with Crippen molar-refractivity contribution in [3.05, 3.63) is 69.2 Å². The summed E-state index contributed by atoms with van der Waals surface area (Å²) in [6.07, 6.45) is 0.618. The van der Waals surface area contributed by atoms with Crippen LogP contribution in [-0.2, 0) is 0 Å². The highest BCUT2D eigenvalue weighted by molar-refractivity contribution is 9.10. The molecule has 1 N–H and O–H groups in total. The number of rotatable bonds is 5. The van der Waals surface area contributed by atoms with E-state index in [-0.39, 0.29) is 23.2 Å². The zero-order valence-electron chi connectivity index (χ0n) is 18.6. The Kier molecular flexibility index (Phi) is 6.84. The van der Waals surface area contributed by atoms with Crippen molar-refractivity contribution in [3.63, 3.8) is 0 Å². The third-order valence-corrected chi connectivity index (χ3v) is 5.56. The Morgan fingerprint density at radius 3 is 2.35 bits per heavy atom. The molecule has 2 amide bonds. The van der Waals surface area contributed by atoms with E-state index in [4.69, 9.17) is 4.98 Å². The molecule has 6 nitrogen and oxygen atoms in total. The molecule has 31 heavy (non-hydrogen) atoms. The molecule has 0 bridgehead atoms. The second-order valence-corrected chi connectivity index (χ2v) is 9.41. The molecular weight excluding hydrogens is 456 g/mol.